The van der Waals surface area contributed by atoms with E-state index in [1.54, 1.807) is 13.4 Å². The largest absolute Gasteiger partial charge is 0.496 e. The van der Waals surface area contributed by atoms with E-state index >= 15 is 0 Å². The van der Waals surface area contributed by atoms with Gasteiger partial charge in [0.25, 0.3) is 0 Å². The van der Waals surface area contributed by atoms with Crippen molar-refractivity contribution in [3.8, 4) is 17.0 Å². The van der Waals surface area contributed by atoms with E-state index < -0.39 is 0 Å². The van der Waals surface area contributed by atoms with Crippen molar-refractivity contribution in [2.24, 2.45) is 5.92 Å². The summed E-state index contributed by atoms with van der Waals surface area (Å²) in [4.78, 5) is 13.5. The summed E-state index contributed by atoms with van der Waals surface area (Å²) in [6, 6.07) is 14.4. The van der Waals surface area contributed by atoms with Crippen molar-refractivity contribution in [3.63, 3.8) is 0 Å². The standard InChI is InChI=1S/C24H25N5O/c1-30-22-5-3-2-4-18(22)8-10-25-23-13-21(27-16-28-23)20-12-19-9-11-29(15-17-6-7-17)24(19)26-14-20/h2-5,9,11-14,16-17H,6-8,10,15H2,1H3,(H,25,27,28). The summed E-state index contributed by atoms with van der Waals surface area (Å²) in [6.07, 6.45) is 9.18. The SMILES string of the molecule is COc1ccccc1CCNc1cc(-c2cnc3c(ccn3CC3CC3)c2)ncn1. The fourth-order valence-corrected chi connectivity index (χ4v) is 3.79. The molecule has 3 aromatic heterocycles. The zero-order chi connectivity index (χ0) is 20.3. The maximum absolute atomic E-state index is 5.42. The summed E-state index contributed by atoms with van der Waals surface area (Å²) in [6.45, 7) is 1.84. The Bertz CT molecular complexity index is 1170. The lowest BCUT2D eigenvalue weighted by atomic mass is 10.1. The smallest absolute Gasteiger partial charge is 0.139 e. The van der Waals surface area contributed by atoms with E-state index in [0.717, 1.165) is 59.3 Å². The van der Waals surface area contributed by atoms with Crippen molar-refractivity contribution < 1.29 is 4.74 Å². The van der Waals surface area contributed by atoms with Crippen LogP contribution in [0.15, 0.2) is 61.2 Å². The second-order valence-electron chi connectivity index (χ2n) is 7.83. The zero-order valence-corrected chi connectivity index (χ0v) is 17.1. The Labute approximate surface area is 176 Å². The van der Waals surface area contributed by atoms with E-state index in [0.29, 0.717) is 0 Å². The third-order valence-corrected chi connectivity index (χ3v) is 5.61. The van der Waals surface area contributed by atoms with Crippen LogP contribution in [-0.2, 0) is 13.0 Å². The summed E-state index contributed by atoms with van der Waals surface area (Å²) in [5.74, 6) is 2.55. The molecule has 0 radical (unpaired) electrons. The van der Waals surface area contributed by atoms with E-state index in [1.807, 2.05) is 30.5 Å². The number of aromatic nitrogens is 4. The van der Waals surface area contributed by atoms with Crippen molar-refractivity contribution in [2.75, 3.05) is 19.0 Å². The molecule has 6 heteroatoms. The van der Waals surface area contributed by atoms with E-state index in [9.17, 15) is 0 Å². The Morgan fingerprint density at radius 1 is 1.10 bits per heavy atom. The van der Waals surface area contributed by atoms with Crippen LogP contribution in [0.5, 0.6) is 5.75 Å². The molecule has 1 N–H and O–H groups in total. The number of anilines is 1. The molecule has 152 valence electrons. The molecule has 0 unspecified atom stereocenters. The third kappa shape index (κ3) is 3.99. The first kappa shape index (κ1) is 18.6. The van der Waals surface area contributed by atoms with Crippen LogP contribution in [-0.4, -0.2) is 33.2 Å². The number of hydrogen-bond donors (Lipinski definition) is 1. The molecule has 5 rings (SSSR count). The van der Waals surface area contributed by atoms with Crippen molar-refractivity contribution in [1.82, 2.24) is 19.5 Å². The highest BCUT2D eigenvalue weighted by atomic mass is 16.5. The number of pyridine rings is 1. The maximum Gasteiger partial charge on any atom is 0.139 e. The number of hydrogen-bond acceptors (Lipinski definition) is 5. The van der Waals surface area contributed by atoms with Gasteiger partial charge in [-0.25, -0.2) is 15.0 Å². The van der Waals surface area contributed by atoms with Crippen LogP contribution in [0.4, 0.5) is 5.82 Å². The number of benzene rings is 1. The highest BCUT2D eigenvalue weighted by Crippen LogP contribution is 2.32. The molecular weight excluding hydrogens is 374 g/mol. The molecule has 0 spiro atoms. The van der Waals surface area contributed by atoms with Crippen LogP contribution >= 0.6 is 0 Å². The lowest BCUT2D eigenvalue weighted by molar-refractivity contribution is 0.410. The fraction of sp³-hybridized carbons (Fsp3) is 0.292. The number of para-hydroxylation sites is 1. The first-order valence-electron chi connectivity index (χ1n) is 10.4. The molecule has 1 aliphatic rings. The van der Waals surface area contributed by atoms with E-state index in [4.69, 9.17) is 9.72 Å². The van der Waals surface area contributed by atoms with Gasteiger partial charge in [-0.1, -0.05) is 18.2 Å². The number of nitrogens with one attached hydrogen (secondary N) is 1. The minimum atomic E-state index is 0.762. The zero-order valence-electron chi connectivity index (χ0n) is 17.1. The van der Waals surface area contributed by atoms with Gasteiger partial charge in [-0.05, 0) is 48.9 Å². The monoisotopic (exact) mass is 399 g/mol. The lowest BCUT2D eigenvalue weighted by Crippen LogP contribution is -2.07. The minimum Gasteiger partial charge on any atom is -0.496 e. The van der Waals surface area contributed by atoms with E-state index in [-0.39, 0.29) is 0 Å². The molecule has 1 aliphatic carbocycles. The van der Waals surface area contributed by atoms with Crippen LogP contribution in [0.2, 0.25) is 0 Å². The van der Waals surface area contributed by atoms with Crippen LogP contribution in [0.1, 0.15) is 18.4 Å². The lowest BCUT2D eigenvalue weighted by Gasteiger charge is -2.10. The average Bonchev–Trinajstić information content (AvgIpc) is 3.52. The Balaban J connectivity index is 1.29. The summed E-state index contributed by atoms with van der Waals surface area (Å²) < 4.78 is 7.69. The van der Waals surface area contributed by atoms with Gasteiger partial charge in [0.05, 0.1) is 12.8 Å². The van der Waals surface area contributed by atoms with Gasteiger partial charge in [-0.15, -0.1) is 0 Å². The van der Waals surface area contributed by atoms with Gasteiger partial charge in [-0.2, -0.15) is 0 Å². The predicted molar refractivity (Wildman–Crippen MR) is 119 cm³/mol. The van der Waals surface area contributed by atoms with Crippen molar-refractivity contribution in [2.45, 2.75) is 25.8 Å². The van der Waals surface area contributed by atoms with Crippen molar-refractivity contribution in [3.05, 3.63) is 66.7 Å². The number of fused-ring (bicyclic) bond motifs is 1. The molecule has 0 aliphatic heterocycles. The van der Waals surface area contributed by atoms with Crippen molar-refractivity contribution in [1.29, 1.82) is 0 Å². The molecule has 1 aromatic carbocycles. The number of rotatable bonds is 8. The highest BCUT2D eigenvalue weighted by molar-refractivity contribution is 5.81. The van der Waals surface area contributed by atoms with Crippen molar-refractivity contribution >= 4 is 16.9 Å². The fourth-order valence-electron chi connectivity index (χ4n) is 3.79. The molecular formula is C24H25N5O. The first-order chi connectivity index (χ1) is 14.8. The van der Waals surface area contributed by atoms with Gasteiger partial charge in [0.1, 0.15) is 23.5 Å². The Morgan fingerprint density at radius 2 is 2.00 bits per heavy atom. The molecule has 4 aromatic rings. The number of nitrogens with zero attached hydrogens (tertiary/aromatic N) is 4. The normalized spacial score (nSPS) is 13.5. The van der Waals surface area contributed by atoms with Crippen LogP contribution < -0.4 is 10.1 Å². The molecule has 30 heavy (non-hydrogen) atoms. The molecule has 0 saturated heterocycles. The molecule has 1 fully saturated rings. The molecule has 0 bridgehead atoms. The predicted octanol–water partition coefficient (Wildman–Crippen LogP) is 4.57. The average molecular weight is 399 g/mol. The highest BCUT2D eigenvalue weighted by Gasteiger charge is 2.22. The Morgan fingerprint density at radius 3 is 2.87 bits per heavy atom. The maximum atomic E-state index is 5.42. The van der Waals surface area contributed by atoms with Crippen LogP contribution in [0, 0.1) is 5.92 Å². The van der Waals surface area contributed by atoms with Gasteiger partial charge in [0.2, 0.25) is 0 Å². The topological polar surface area (TPSA) is 64.9 Å². The van der Waals surface area contributed by atoms with Crippen LogP contribution in [0.25, 0.3) is 22.3 Å². The van der Waals surface area contributed by atoms with Gasteiger partial charge < -0.3 is 14.6 Å². The number of methoxy groups -OCH3 is 1. The second-order valence-corrected chi connectivity index (χ2v) is 7.83. The number of ether oxygens (including phenoxy) is 1. The van der Waals surface area contributed by atoms with E-state index in [2.05, 4.69) is 44.2 Å². The molecule has 0 amide bonds. The quantitative estimate of drug-likeness (QED) is 0.470. The van der Waals surface area contributed by atoms with E-state index in [1.165, 1.54) is 18.4 Å². The summed E-state index contributed by atoms with van der Waals surface area (Å²) >= 11 is 0. The van der Waals surface area contributed by atoms with Gasteiger partial charge in [-0.3, -0.25) is 0 Å². The molecule has 3 heterocycles. The summed E-state index contributed by atoms with van der Waals surface area (Å²) in [5, 5.41) is 4.54. The molecule has 1 saturated carbocycles. The van der Waals surface area contributed by atoms with Gasteiger partial charge >= 0.3 is 0 Å². The van der Waals surface area contributed by atoms with Crippen LogP contribution in [0.3, 0.4) is 0 Å². The summed E-state index contributed by atoms with van der Waals surface area (Å²) in [5.41, 5.74) is 4.10. The molecule has 6 nitrogen and oxygen atoms in total. The minimum absolute atomic E-state index is 0.762. The first-order valence-corrected chi connectivity index (χ1v) is 10.4. The Kier molecular flexibility index (Phi) is 5.05. The third-order valence-electron chi connectivity index (χ3n) is 5.61. The Hall–Kier alpha value is -3.41. The second kappa shape index (κ2) is 8.14. The van der Waals surface area contributed by atoms with Gasteiger partial charge in [0.15, 0.2) is 0 Å². The van der Waals surface area contributed by atoms with Gasteiger partial charge in [0, 0.05) is 42.5 Å². The molecule has 0 atom stereocenters. The summed E-state index contributed by atoms with van der Waals surface area (Å²) in [7, 11) is 1.70.